The molecular weight excluding hydrogens is 391 g/mol. The van der Waals surface area contributed by atoms with Gasteiger partial charge in [0.1, 0.15) is 11.9 Å². The van der Waals surface area contributed by atoms with Crippen LogP contribution < -0.4 is 5.32 Å². The first-order valence-electron chi connectivity index (χ1n) is 10.0. The Kier molecular flexibility index (Phi) is 9.13. The standard InChI is InChI=1S/C23H28ClFN2O2/c1-3-5-14-26-23(29)21(4-2)27(16-17-10-7-6-8-11-17)22(28)15-18-19(24)12-9-13-20(18)25/h6-13,21H,3-5,14-16H2,1-2H3,(H,26,29)/t21-/m0/s1. The molecule has 0 aromatic heterocycles. The van der Waals surface area contributed by atoms with Crippen molar-refractivity contribution < 1.29 is 14.0 Å². The van der Waals surface area contributed by atoms with E-state index in [-0.39, 0.29) is 35.4 Å². The lowest BCUT2D eigenvalue weighted by Gasteiger charge is -2.31. The SMILES string of the molecule is CCCCNC(=O)[C@H](CC)N(Cc1ccccc1)C(=O)Cc1c(F)cccc1Cl. The van der Waals surface area contributed by atoms with Gasteiger partial charge in [-0.15, -0.1) is 0 Å². The third-order valence-corrected chi connectivity index (χ3v) is 5.16. The zero-order chi connectivity index (χ0) is 21.2. The van der Waals surface area contributed by atoms with E-state index in [0.29, 0.717) is 13.0 Å². The van der Waals surface area contributed by atoms with E-state index >= 15 is 0 Å². The third kappa shape index (κ3) is 6.57. The number of rotatable bonds is 10. The van der Waals surface area contributed by atoms with Crippen molar-refractivity contribution in [3.63, 3.8) is 0 Å². The van der Waals surface area contributed by atoms with Gasteiger partial charge < -0.3 is 10.2 Å². The summed E-state index contributed by atoms with van der Waals surface area (Å²) in [7, 11) is 0. The maximum absolute atomic E-state index is 14.2. The number of nitrogens with one attached hydrogen (secondary N) is 1. The molecule has 2 aromatic rings. The van der Waals surface area contributed by atoms with Crippen LogP contribution in [0.2, 0.25) is 5.02 Å². The van der Waals surface area contributed by atoms with Gasteiger partial charge in [-0.05, 0) is 30.5 Å². The van der Waals surface area contributed by atoms with Crippen LogP contribution >= 0.6 is 11.6 Å². The summed E-state index contributed by atoms with van der Waals surface area (Å²) >= 11 is 6.11. The fourth-order valence-electron chi connectivity index (χ4n) is 3.16. The molecule has 0 unspecified atom stereocenters. The number of carbonyl (C=O) groups is 2. The van der Waals surface area contributed by atoms with Crippen molar-refractivity contribution in [3.8, 4) is 0 Å². The molecule has 2 aromatic carbocycles. The zero-order valence-electron chi connectivity index (χ0n) is 17.0. The van der Waals surface area contributed by atoms with E-state index in [1.807, 2.05) is 44.2 Å². The average molecular weight is 419 g/mol. The highest BCUT2D eigenvalue weighted by atomic mass is 35.5. The van der Waals surface area contributed by atoms with Crippen molar-refractivity contribution >= 4 is 23.4 Å². The molecule has 29 heavy (non-hydrogen) atoms. The van der Waals surface area contributed by atoms with Crippen molar-refractivity contribution in [2.45, 2.75) is 52.1 Å². The molecule has 2 amide bonds. The predicted molar refractivity (Wildman–Crippen MR) is 114 cm³/mol. The fourth-order valence-corrected chi connectivity index (χ4v) is 3.39. The molecule has 0 aliphatic rings. The van der Waals surface area contributed by atoms with Crippen LogP contribution in [-0.2, 0) is 22.6 Å². The van der Waals surface area contributed by atoms with Gasteiger partial charge in [0, 0.05) is 23.7 Å². The van der Waals surface area contributed by atoms with E-state index in [9.17, 15) is 14.0 Å². The molecule has 1 N–H and O–H groups in total. The maximum atomic E-state index is 14.2. The monoisotopic (exact) mass is 418 g/mol. The van der Waals surface area contributed by atoms with Gasteiger partial charge in [-0.3, -0.25) is 9.59 Å². The second kappa shape index (κ2) is 11.6. The van der Waals surface area contributed by atoms with Gasteiger partial charge in [0.25, 0.3) is 0 Å². The maximum Gasteiger partial charge on any atom is 0.242 e. The minimum Gasteiger partial charge on any atom is -0.354 e. The van der Waals surface area contributed by atoms with Crippen LogP contribution in [0.3, 0.4) is 0 Å². The predicted octanol–water partition coefficient (Wildman–Crippen LogP) is 4.75. The number of unbranched alkanes of at least 4 members (excludes halogenated alkanes) is 1. The number of hydrogen-bond donors (Lipinski definition) is 1. The smallest absolute Gasteiger partial charge is 0.242 e. The fraction of sp³-hybridized carbons (Fsp3) is 0.391. The first kappa shape index (κ1) is 22.9. The lowest BCUT2D eigenvalue weighted by Crippen LogP contribution is -2.49. The van der Waals surface area contributed by atoms with Crippen LogP contribution in [0.5, 0.6) is 0 Å². The Morgan fingerprint density at radius 2 is 1.83 bits per heavy atom. The Labute approximate surface area is 177 Å². The van der Waals surface area contributed by atoms with Crippen molar-refractivity contribution in [1.82, 2.24) is 10.2 Å². The number of carbonyl (C=O) groups excluding carboxylic acids is 2. The van der Waals surface area contributed by atoms with Gasteiger partial charge >= 0.3 is 0 Å². The lowest BCUT2D eigenvalue weighted by atomic mass is 10.1. The van der Waals surface area contributed by atoms with E-state index in [4.69, 9.17) is 11.6 Å². The largest absolute Gasteiger partial charge is 0.354 e. The molecule has 6 heteroatoms. The zero-order valence-corrected chi connectivity index (χ0v) is 17.7. The van der Waals surface area contributed by atoms with Crippen LogP contribution in [0.1, 0.15) is 44.2 Å². The van der Waals surface area contributed by atoms with E-state index in [0.717, 1.165) is 18.4 Å². The van der Waals surface area contributed by atoms with E-state index in [1.54, 1.807) is 6.07 Å². The minimum atomic E-state index is -0.634. The molecule has 0 saturated heterocycles. The molecule has 1 atom stereocenters. The molecule has 0 fully saturated rings. The summed E-state index contributed by atoms with van der Waals surface area (Å²) in [4.78, 5) is 27.5. The van der Waals surface area contributed by atoms with Gasteiger partial charge in [0.15, 0.2) is 0 Å². The molecular formula is C23H28ClFN2O2. The molecule has 4 nitrogen and oxygen atoms in total. The average Bonchev–Trinajstić information content (AvgIpc) is 2.71. The summed E-state index contributed by atoms with van der Waals surface area (Å²) in [5, 5.41) is 3.12. The topological polar surface area (TPSA) is 49.4 Å². The molecule has 0 radical (unpaired) electrons. The lowest BCUT2D eigenvalue weighted by molar-refractivity contribution is -0.141. The second-order valence-corrected chi connectivity index (χ2v) is 7.36. The molecule has 0 heterocycles. The van der Waals surface area contributed by atoms with Crippen molar-refractivity contribution in [3.05, 3.63) is 70.5 Å². The quantitative estimate of drug-likeness (QED) is 0.566. The Balaban J connectivity index is 2.27. The molecule has 2 rings (SSSR count). The van der Waals surface area contributed by atoms with Crippen LogP contribution in [0.25, 0.3) is 0 Å². The first-order chi connectivity index (χ1) is 14.0. The van der Waals surface area contributed by atoms with Gasteiger partial charge in [-0.25, -0.2) is 4.39 Å². The first-order valence-corrected chi connectivity index (χ1v) is 10.4. The van der Waals surface area contributed by atoms with Crippen LogP contribution in [-0.4, -0.2) is 29.3 Å². The van der Waals surface area contributed by atoms with Crippen LogP contribution in [0, 0.1) is 5.82 Å². The van der Waals surface area contributed by atoms with Gasteiger partial charge in [0.05, 0.1) is 6.42 Å². The van der Waals surface area contributed by atoms with E-state index in [2.05, 4.69) is 5.32 Å². The molecule has 0 saturated carbocycles. The summed E-state index contributed by atoms with van der Waals surface area (Å²) in [5.41, 5.74) is 1.05. The van der Waals surface area contributed by atoms with E-state index in [1.165, 1.54) is 17.0 Å². The number of benzene rings is 2. The highest BCUT2D eigenvalue weighted by Crippen LogP contribution is 2.22. The number of hydrogen-bond acceptors (Lipinski definition) is 2. The van der Waals surface area contributed by atoms with Gasteiger partial charge in [-0.1, -0.05) is 68.3 Å². The summed E-state index contributed by atoms with van der Waals surface area (Å²) in [5.74, 6) is -1.05. The second-order valence-electron chi connectivity index (χ2n) is 6.95. The Bertz CT molecular complexity index is 794. The van der Waals surface area contributed by atoms with Crippen molar-refractivity contribution in [2.24, 2.45) is 0 Å². The summed E-state index contributed by atoms with van der Waals surface area (Å²) < 4.78 is 14.2. The van der Waals surface area contributed by atoms with Gasteiger partial charge in [0.2, 0.25) is 11.8 Å². The van der Waals surface area contributed by atoms with Crippen molar-refractivity contribution in [1.29, 1.82) is 0 Å². The normalized spacial score (nSPS) is 11.7. The molecule has 0 spiro atoms. The number of nitrogens with zero attached hydrogens (tertiary/aromatic N) is 1. The van der Waals surface area contributed by atoms with Crippen molar-refractivity contribution in [2.75, 3.05) is 6.54 Å². The van der Waals surface area contributed by atoms with Crippen LogP contribution in [0.4, 0.5) is 4.39 Å². The van der Waals surface area contributed by atoms with Gasteiger partial charge in [-0.2, -0.15) is 0 Å². The summed E-state index contributed by atoms with van der Waals surface area (Å²) in [6.07, 6.45) is 2.10. The highest BCUT2D eigenvalue weighted by molar-refractivity contribution is 6.31. The summed E-state index contributed by atoms with van der Waals surface area (Å²) in [6, 6.07) is 13.2. The molecule has 0 aliphatic carbocycles. The molecule has 156 valence electrons. The Morgan fingerprint density at radius 1 is 1.10 bits per heavy atom. The number of amides is 2. The van der Waals surface area contributed by atoms with Crippen LogP contribution in [0.15, 0.2) is 48.5 Å². The molecule has 0 bridgehead atoms. The molecule has 0 aliphatic heterocycles. The third-order valence-electron chi connectivity index (χ3n) is 4.80. The Hall–Kier alpha value is -2.40. The highest BCUT2D eigenvalue weighted by Gasteiger charge is 2.29. The number of halogens is 2. The Morgan fingerprint density at radius 3 is 2.45 bits per heavy atom. The minimum absolute atomic E-state index is 0.151. The van der Waals surface area contributed by atoms with E-state index < -0.39 is 11.9 Å². The summed E-state index contributed by atoms with van der Waals surface area (Å²) in [6.45, 7) is 4.75.